The maximum Gasteiger partial charge on any atom is 0.0712 e. The molecule has 0 aliphatic rings. The second kappa shape index (κ2) is 5.67. The average molecular weight is 208 g/mol. The van der Waals surface area contributed by atoms with E-state index in [1.165, 1.54) is 5.54 Å². The van der Waals surface area contributed by atoms with Crippen molar-refractivity contribution in [3.63, 3.8) is 0 Å². The molecule has 0 spiro atoms. The first-order valence-corrected chi connectivity index (χ1v) is 4.16. The SMILES string of the molecule is Cl/C=C(\Cl)C(Cl)CCCl. The number of hydrogen-bond acceptors (Lipinski definition) is 0. The zero-order valence-corrected chi connectivity index (χ0v) is 7.60. The molecule has 1 unspecified atom stereocenters. The lowest BCUT2D eigenvalue weighted by Crippen LogP contribution is -1.97. The van der Waals surface area contributed by atoms with E-state index in [9.17, 15) is 0 Å². The molecule has 0 heterocycles. The summed E-state index contributed by atoms with van der Waals surface area (Å²) in [5, 5.41) is 0.209. The van der Waals surface area contributed by atoms with E-state index in [1.54, 1.807) is 0 Å². The van der Waals surface area contributed by atoms with Gasteiger partial charge in [-0.1, -0.05) is 23.2 Å². The minimum absolute atomic E-state index is 0.235. The van der Waals surface area contributed by atoms with Gasteiger partial charge < -0.3 is 0 Å². The average Bonchev–Trinajstić information content (AvgIpc) is 1.87. The summed E-state index contributed by atoms with van der Waals surface area (Å²) < 4.78 is 0. The van der Waals surface area contributed by atoms with Gasteiger partial charge in [-0.05, 0) is 6.42 Å². The molecule has 0 amide bonds. The van der Waals surface area contributed by atoms with Crippen molar-refractivity contribution in [3.8, 4) is 0 Å². The van der Waals surface area contributed by atoms with Crippen LogP contribution in [0.4, 0.5) is 0 Å². The number of rotatable bonds is 3. The molecule has 0 fully saturated rings. The summed E-state index contributed by atoms with van der Waals surface area (Å²) in [5.74, 6) is 0.495. The van der Waals surface area contributed by atoms with Gasteiger partial charge in [0, 0.05) is 16.4 Å². The molecule has 9 heavy (non-hydrogen) atoms. The van der Waals surface area contributed by atoms with Crippen LogP contribution in [0.1, 0.15) is 6.42 Å². The van der Waals surface area contributed by atoms with Gasteiger partial charge in [0.1, 0.15) is 0 Å². The maximum atomic E-state index is 5.66. The largest absolute Gasteiger partial charge is 0.127 e. The van der Waals surface area contributed by atoms with Crippen LogP contribution in [-0.2, 0) is 0 Å². The van der Waals surface area contributed by atoms with Crippen LogP contribution in [-0.4, -0.2) is 11.3 Å². The lowest BCUT2D eigenvalue weighted by atomic mass is 10.3. The first kappa shape index (κ1) is 9.90. The van der Waals surface area contributed by atoms with Gasteiger partial charge in [0.15, 0.2) is 0 Å². The van der Waals surface area contributed by atoms with Crippen molar-refractivity contribution in [3.05, 3.63) is 10.6 Å². The lowest BCUT2D eigenvalue weighted by molar-refractivity contribution is 0.962. The van der Waals surface area contributed by atoms with Crippen molar-refractivity contribution in [1.29, 1.82) is 0 Å². The van der Waals surface area contributed by atoms with Gasteiger partial charge in [-0.2, -0.15) is 0 Å². The van der Waals surface area contributed by atoms with Gasteiger partial charge in [-0.3, -0.25) is 0 Å². The van der Waals surface area contributed by atoms with E-state index in [4.69, 9.17) is 46.4 Å². The Morgan fingerprint density at radius 2 is 2.11 bits per heavy atom. The smallest absolute Gasteiger partial charge is 0.0712 e. The Morgan fingerprint density at radius 3 is 2.44 bits per heavy atom. The van der Waals surface area contributed by atoms with Crippen molar-refractivity contribution in [2.45, 2.75) is 11.8 Å². The Labute approximate surface area is 74.7 Å². The summed E-state index contributed by atoms with van der Waals surface area (Å²) in [6.07, 6.45) is 0.644. The Morgan fingerprint density at radius 1 is 1.56 bits per heavy atom. The quantitative estimate of drug-likeness (QED) is 0.622. The number of hydrogen-bond donors (Lipinski definition) is 0. The number of allylic oxidation sites excluding steroid dienone is 1. The van der Waals surface area contributed by atoms with Crippen LogP contribution >= 0.6 is 46.4 Å². The normalized spacial score (nSPS) is 15.8. The molecular formula is C5H6Cl4. The van der Waals surface area contributed by atoms with E-state index in [0.717, 1.165) is 0 Å². The zero-order chi connectivity index (χ0) is 7.28. The zero-order valence-electron chi connectivity index (χ0n) is 4.58. The fourth-order valence-electron chi connectivity index (χ4n) is 0.302. The molecule has 54 valence electrons. The molecule has 4 heteroatoms. The predicted octanol–water partition coefficient (Wildman–Crippen LogP) is 3.54. The number of alkyl halides is 2. The highest BCUT2D eigenvalue weighted by Gasteiger charge is 2.06. The molecule has 0 aromatic rings. The maximum absolute atomic E-state index is 5.66. The third kappa shape index (κ3) is 4.32. The number of halogens is 4. The Kier molecular flexibility index (Phi) is 6.23. The van der Waals surface area contributed by atoms with Crippen LogP contribution in [0, 0.1) is 0 Å². The molecule has 0 aromatic carbocycles. The van der Waals surface area contributed by atoms with E-state index >= 15 is 0 Å². The van der Waals surface area contributed by atoms with E-state index in [-0.39, 0.29) is 5.38 Å². The monoisotopic (exact) mass is 206 g/mol. The van der Waals surface area contributed by atoms with Crippen molar-refractivity contribution >= 4 is 46.4 Å². The highest BCUT2D eigenvalue weighted by Crippen LogP contribution is 2.18. The highest BCUT2D eigenvalue weighted by molar-refractivity contribution is 6.41. The van der Waals surface area contributed by atoms with E-state index in [2.05, 4.69) is 0 Å². The second-order valence-electron chi connectivity index (χ2n) is 1.44. The summed E-state index contributed by atoms with van der Waals surface area (Å²) in [6.45, 7) is 0. The molecule has 0 saturated carbocycles. The van der Waals surface area contributed by atoms with E-state index in [0.29, 0.717) is 17.3 Å². The molecule has 0 saturated heterocycles. The summed E-state index contributed by atoms with van der Waals surface area (Å²) in [5.41, 5.74) is 1.26. The van der Waals surface area contributed by atoms with Crippen molar-refractivity contribution in [2.24, 2.45) is 0 Å². The molecule has 0 aliphatic carbocycles. The lowest BCUT2D eigenvalue weighted by Gasteiger charge is -2.02. The van der Waals surface area contributed by atoms with Crippen molar-refractivity contribution in [1.82, 2.24) is 0 Å². The van der Waals surface area contributed by atoms with Crippen molar-refractivity contribution in [2.75, 3.05) is 5.88 Å². The molecular weight excluding hydrogens is 202 g/mol. The minimum atomic E-state index is -0.235. The summed E-state index contributed by atoms with van der Waals surface area (Å²) in [7, 11) is 0. The molecule has 0 aromatic heterocycles. The Bertz CT molecular complexity index is 99.1. The molecule has 0 nitrogen and oxygen atoms in total. The first-order chi connectivity index (χ1) is 4.22. The van der Waals surface area contributed by atoms with Crippen molar-refractivity contribution < 1.29 is 0 Å². The van der Waals surface area contributed by atoms with Crippen LogP contribution in [0.2, 0.25) is 0 Å². The Balaban J connectivity index is 3.59. The molecule has 0 bridgehead atoms. The fourth-order valence-corrected chi connectivity index (χ4v) is 1.13. The van der Waals surface area contributed by atoms with Gasteiger partial charge >= 0.3 is 0 Å². The highest BCUT2D eigenvalue weighted by atomic mass is 35.5. The summed E-state index contributed by atoms with van der Waals surface area (Å²) >= 11 is 21.8. The summed E-state index contributed by atoms with van der Waals surface area (Å²) in [4.78, 5) is 0. The molecule has 1 atom stereocenters. The van der Waals surface area contributed by atoms with Crippen LogP contribution in [0.5, 0.6) is 0 Å². The molecule has 0 rings (SSSR count). The first-order valence-electron chi connectivity index (χ1n) is 2.38. The van der Waals surface area contributed by atoms with E-state index < -0.39 is 0 Å². The topological polar surface area (TPSA) is 0 Å². The molecule has 0 N–H and O–H groups in total. The van der Waals surface area contributed by atoms with Gasteiger partial charge in [-0.15, -0.1) is 23.2 Å². The Hall–Kier alpha value is 0.900. The van der Waals surface area contributed by atoms with Gasteiger partial charge in [0.25, 0.3) is 0 Å². The van der Waals surface area contributed by atoms with E-state index in [1.807, 2.05) is 0 Å². The summed E-state index contributed by atoms with van der Waals surface area (Å²) in [6, 6.07) is 0. The predicted molar refractivity (Wildman–Crippen MR) is 44.8 cm³/mol. The van der Waals surface area contributed by atoms with Gasteiger partial charge in [0.2, 0.25) is 0 Å². The fraction of sp³-hybridized carbons (Fsp3) is 0.600. The van der Waals surface area contributed by atoms with Crippen LogP contribution in [0.15, 0.2) is 10.6 Å². The molecule has 0 radical (unpaired) electrons. The van der Waals surface area contributed by atoms with Gasteiger partial charge in [0.05, 0.1) is 5.38 Å². The van der Waals surface area contributed by atoms with Crippen LogP contribution in [0.3, 0.4) is 0 Å². The molecule has 0 aliphatic heterocycles. The van der Waals surface area contributed by atoms with Crippen LogP contribution in [0.25, 0.3) is 0 Å². The third-order valence-electron chi connectivity index (χ3n) is 0.766. The van der Waals surface area contributed by atoms with Crippen LogP contribution < -0.4 is 0 Å². The van der Waals surface area contributed by atoms with Gasteiger partial charge in [-0.25, -0.2) is 0 Å². The second-order valence-corrected chi connectivity index (χ2v) is 3.00. The third-order valence-corrected chi connectivity index (χ3v) is 2.27. The minimum Gasteiger partial charge on any atom is -0.127 e. The standard InChI is InChI=1S/C5H6Cl4/c6-2-1-4(8)5(9)3-7/h3-4H,1-2H2/b5-3-.